The number of halogens is 1. The quantitative estimate of drug-likeness (QED) is 0.626. The molecule has 0 radical (unpaired) electrons. The molecule has 3 fully saturated rings. The van der Waals surface area contributed by atoms with Crippen LogP contribution in [-0.4, -0.2) is 43.9 Å². The third-order valence-corrected chi connectivity index (χ3v) is 3.01. The summed E-state index contributed by atoms with van der Waals surface area (Å²) in [6.45, 7) is 3.21. The van der Waals surface area contributed by atoms with E-state index in [0.29, 0.717) is 5.92 Å². The first-order chi connectivity index (χ1) is 6.29. The molecule has 3 heterocycles. The number of fused-ring (bicyclic) bond motifs is 3. The molecule has 1 unspecified atom stereocenters. The van der Waals surface area contributed by atoms with Crippen LogP contribution >= 0.6 is 12.4 Å². The molecule has 0 saturated carbocycles. The Morgan fingerprint density at radius 2 is 2.00 bits per heavy atom. The van der Waals surface area contributed by atoms with Crippen LogP contribution in [0.3, 0.4) is 0 Å². The maximum atomic E-state index is 10.9. The number of piperidine rings is 3. The fraction of sp³-hybridized carbons (Fsp3) is 0.889. The first kappa shape index (κ1) is 11.6. The van der Waals surface area contributed by atoms with Gasteiger partial charge < -0.3 is 9.47 Å². The minimum Gasteiger partial charge on any atom is -0.438 e. The molecule has 3 saturated heterocycles. The first-order valence-electron chi connectivity index (χ1n) is 4.76. The van der Waals surface area contributed by atoms with Gasteiger partial charge in [-0.25, -0.2) is 4.79 Å². The Labute approximate surface area is 89.9 Å². The number of nitrogens with zero attached hydrogens (tertiary/aromatic N) is 1. The Balaban J connectivity index is 0.000000980. The molecular formula is C9H16ClNO3. The van der Waals surface area contributed by atoms with Crippen LogP contribution in [0.2, 0.25) is 0 Å². The molecule has 82 valence electrons. The summed E-state index contributed by atoms with van der Waals surface area (Å²) >= 11 is 0. The van der Waals surface area contributed by atoms with Crippen LogP contribution in [0, 0.1) is 5.92 Å². The van der Waals surface area contributed by atoms with Gasteiger partial charge in [0.15, 0.2) is 0 Å². The van der Waals surface area contributed by atoms with Crippen molar-refractivity contribution in [3.8, 4) is 0 Å². The van der Waals surface area contributed by atoms with E-state index in [1.807, 2.05) is 0 Å². The van der Waals surface area contributed by atoms with Crippen LogP contribution in [0.15, 0.2) is 0 Å². The fourth-order valence-electron chi connectivity index (χ4n) is 2.22. The van der Waals surface area contributed by atoms with E-state index in [1.165, 1.54) is 7.11 Å². The highest BCUT2D eigenvalue weighted by atomic mass is 35.5. The number of hydrogen-bond acceptors (Lipinski definition) is 4. The summed E-state index contributed by atoms with van der Waals surface area (Å²) in [6, 6.07) is 0. The van der Waals surface area contributed by atoms with Gasteiger partial charge in [0, 0.05) is 6.54 Å². The molecule has 4 nitrogen and oxygen atoms in total. The zero-order chi connectivity index (χ0) is 9.26. The highest BCUT2D eigenvalue weighted by Gasteiger charge is 2.36. The molecule has 0 amide bonds. The highest BCUT2D eigenvalue weighted by Crippen LogP contribution is 2.29. The minimum atomic E-state index is -0.543. The zero-order valence-corrected chi connectivity index (χ0v) is 9.09. The van der Waals surface area contributed by atoms with Gasteiger partial charge in [0.05, 0.1) is 7.11 Å². The van der Waals surface area contributed by atoms with Gasteiger partial charge in [-0.15, -0.1) is 12.4 Å². The van der Waals surface area contributed by atoms with Gasteiger partial charge in [-0.1, -0.05) is 0 Å². The third kappa shape index (κ3) is 2.30. The lowest BCUT2D eigenvalue weighted by atomic mass is 9.86. The molecule has 0 aliphatic carbocycles. The van der Waals surface area contributed by atoms with E-state index < -0.39 is 6.16 Å². The molecule has 0 aromatic heterocycles. The molecule has 0 aromatic rings. The molecule has 5 heteroatoms. The van der Waals surface area contributed by atoms with Crippen molar-refractivity contribution in [3.63, 3.8) is 0 Å². The molecule has 0 spiro atoms. The molecule has 0 aromatic carbocycles. The van der Waals surface area contributed by atoms with Crippen LogP contribution in [0.1, 0.15) is 12.8 Å². The van der Waals surface area contributed by atoms with Gasteiger partial charge >= 0.3 is 6.16 Å². The summed E-state index contributed by atoms with van der Waals surface area (Å²) in [4.78, 5) is 13.2. The zero-order valence-electron chi connectivity index (χ0n) is 8.27. The van der Waals surface area contributed by atoms with E-state index in [-0.39, 0.29) is 18.5 Å². The van der Waals surface area contributed by atoms with Crippen LogP contribution in [0.5, 0.6) is 0 Å². The lowest BCUT2D eigenvalue weighted by Gasteiger charge is -2.43. The van der Waals surface area contributed by atoms with Crippen LogP contribution in [0.25, 0.3) is 0 Å². The molecule has 3 aliphatic rings. The van der Waals surface area contributed by atoms with Gasteiger partial charge in [-0.05, 0) is 31.8 Å². The Kier molecular flexibility index (Phi) is 4.01. The van der Waals surface area contributed by atoms with Gasteiger partial charge in [-0.2, -0.15) is 0 Å². The van der Waals surface area contributed by atoms with Crippen LogP contribution < -0.4 is 0 Å². The Morgan fingerprint density at radius 3 is 2.43 bits per heavy atom. The largest absolute Gasteiger partial charge is 0.508 e. The number of carbonyl (C=O) groups excluding carboxylic acids is 1. The lowest BCUT2D eigenvalue weighted by Crippen LogP contribution is -2.51. The monoisotopic (exact) mass is 221 g/mol. The normalized spacial score (nSPS) is 34.5. The van der Waals surface area contributed by atoms with E-state index in [0.717, 1.165) is 32.5 Å². The van der Waals surface area contributed by atoms with E-state index in [9.17, 15) is 4.79 Å². The predicted molar refractivity (Wildman–Crippen MR) is 53.7 cm³/mol. The van der Waals surface area contributed by atoms with Gasteiger partial charge in [-0.3, -0.25) is 4.90 Å². The van der Waals surface area contributed by atoms with E-state index in [4.69, 9.17) is 4.74 Å². The third-order valence-electron chi connectivity index (χ3n) is 3.01. The summed E-state index contributed by atoms with van der Waals surface area (Å²) in [6.07, 6.45) is 1.83. The molecule has 2 bridgehead atoms. The second kappa shape index (κ2) is 4.84. The summed E-state index contributed by atoms with van der Waals surface area (Å²) in [5.74, 6) is 0.559. The summed E-state index contributed by atoms with van der Waals surface area (Å²) < 4.78 is 9.65. The van der Waals surface area contributed by atoms with E-state index >= 15 is 0 Å². The second-order valence-electron chi connectivity index (χ2n) is 3.75. The fourth-order valence-corrected chi connectivity index (χ4v) is 2.22. The SMILES string of the molecule is COC(=O)OC1CN2CCC1CC2.Cl. The number of hydrogen-bond donors (Lipinski definition) is 0. The Bertz CT molecular complexity index is 204. The number of carbonyl (C=O) groups is 1. The summed E-state index contributed by atoms with van der Waals surface area (Å²) in [5.41, 5.74) is 0. The average molecular weight is 222 g/mol. The van der Waals surface area contributed by atoms with Crippen molar-refractivity contribution in [2.45, 2.75) is 18.9 Å². The average Bonchev–Trinajstić information content (AvgIpc) is 2.19. The van der Waals surface area contributed by atoms with Gasteiger partial charge in [0.25, 0.3) is 0 Å². The van der Waals surface area contributed by atoms with Crippen LogP contribution in [-0.2, 0) is 9.47 Å². The Hall–Kier alpha value is -0.480. The van der Waals surface area contributed by atoms with Gasteiger partial charge in [0.2, 0.25) is 0 Å². The van der Waals surface area contributed by atoms with Crippen LogP contribution in [0.4, 0.5) is 4.79 Å². The van der Waals surface area contributed by atoms with Crippen molar-refractivity contribution in [1.29, 1.82) is 0 Å². The molecule has 14 heavy (non-hydrogen) atoms. The van der Waals surface area contributed by atoms with Crippen molar-refractivity contribution in [3.05, 3.63) is 0 Å². The maximum absolute atomic E-state index is 10.9. The number of rotatable bonds is 1. The molecule has 0 N–H and O–H groups in total. The molecule has 3 aliphatic heterocycles. The van der Waals surface area contributed by atoms with Crippen molar-refractivity contribution < 1.29 is 14.3 Å². The number of ether oxygens (including phenoxy) is 2. The first-order valence-corrected chi connectivity index (χ1v) is 4.76. The predicted octanol–water partition coefficient (Wildman–Crippen LogP) is 1.29. The molecule has 3 rings (SSSR count). The molecule has 1 atom stereocenters. The maximum Gasteiger partial charge on any atom is 0.508 e. The number of methoxy groups -OCH3 is 1. The minimum absolute atomic E-state index is 0. The van der Waals surface area contributed by atoms with E-state index in [1.54, 1.807) is 0 Å². The van der Waals surface area contributed by atoms with Crippen molar-refractivity contribution in [1.82, 2.24) is 4.90 Å². The highest BCUT2D eigenvalue weighted by molar-refractivity contribution is 5.85. The smallest absolute Gasteiger partial charge is 0.438 e. The summed E-state index contributed by atoms with van der Waals surface area (Å²) in [7, 11) is 1.35. The van der Waals surface area contributed by atoms with Crippen molar-refractivity contribution in [2.24, 2.45) is 5.92 Å². The van der Waals surface area contributed by atoms with Crippen molar-refractivity contribution >= 4 is 18.6 Å². The summed E-state index contributed by atoms with van der Waals surface area (Å²) in [5, 5.41) is 0. The second-order valence-corrected chi connectivity index (χ2v) is 3.75. The topological polar surface area (TPSA) is 38.8 Å². The lowest BCUT2D eigenvalue weighted by molar-refractivity contribution is -0.0536. The van der Waals surface area contributed by atoms with Crippen molar-refractivity contribution in [2.75, 3.05) is 26.7 Å². The molecular weight excluding hydrogens is 206 g/mol. The van der Waals surface area contributed by atoms with Gasteiger partial charge in [0.1, 0.15) is 6.10 Å². The van der Waals surface area contributed by atoms with E-state index in [2.05, 4.69) is 9.64 Å². The standard InChI is InChI=1S/C9H15NO3.ClH/c1-12-9(11)13-8-6-10-4-2-7(8)3-5-10;/h7-8H,2-6H2,1H3;1H. The Morgan fingerprint density at radius 1 is 1.36 bits per heavy atom.